The fourth-order valence-electron chi connectivity index (χ4n) is 2.22. The standard InChI is InChI=1S/C12H19N3O3S2/c1-20(17,18)15-6-4-9(5-7-15)14-12(16)11(13)10-3-2-8-19-10/h2-3,8-9,11H,4-7,13H2,1H3,(H,14,16). The third-order valence-electron chi connectivity index (χ3n) is 3.40. The Morgan fingerprint density at radius 1 is 1.50 bits per heavy atom. The molecule has 1 saturated heterocycles. The van der Waals surface area contributed by atoms with Gasteiger partial charge in [0.25, 0.3) is 0 Å². The van der Waals surface area contributed by atoms with E-state index in [1.165, 1.54) is 21.9 Å². The van der Waals surface area contributed by atoms with Gasteiger partial charge in [-0.2, -0.15) is 0 Å². The van der Waals surface area contributed by atoms with Crippen LogP contribution < -0.4 is 11.1 Å². The van der Waals surface area contributed by atoms with Crippen LogP contribution in [0.15, 0.2) is 17.5 Å². The number of hydrogen-bond donors (Lipinski definition) is 2. The summed E-state index contributed by atoms with van der Waals surface area (Å²) in [5.41, 5.74) is 5.89. The summed E-state index contributed by atoms with van der Waals surface area (Å²) in [6.45, 7) is 0.885. The van der Waals surface area contributed by atoms with Crippen molar-refractivity contribution >= 4 is 27.3 Å². The molecular formula is C12H19N3O3S2. The molecule has 6 nitrogen and oxygen atoms in total. The van der Waals surface area contributed by atoms with E-state index >= 15 is 0 Å². The van der Waals surface area contributed by atoms with Crippen LogP contribution in [0.3, 0.4) is 0 Å². The van der Waals surface area contributed by atoms with E-state index in [9.17, 15) is 13.2 Å². The number of nitrogens with two attached hydrogens (primary N) is 1. The molecule has 1 amide bonds. The summed E-state index contributed by atoms with van der Waals surface area (Å²) >= 11 is 1.45. The second kappa shape index (κ2) is 6.21. The number of amides is 1. The molecule has 8 heteroatoms. The number of rotatable bonds is 4. The lowest BCUT2D eigenvalue weighted by Gasteiger charge is -2.31. The third-order valence-corrected chi connectivity index (χ3v) is 5.66. The van der Waals surface area contributed by atoms with Gasteiger partial charge in [0.2, 0.25) is 15.9 Å². The van der Waals surface area contributed by atoms with Crippen LogP contribution in [0.25, 0.3) is 0 Å². The van der Waals surface area contributed by atoms with Crippen molar-refractivity contribution in [3.8, 4) is 0 Å². The Morgan fingerprint density at radius 3 is 2.65 bits per heavy atom. The van der Waals surface area contributed by atoms with Crippen molar-refractivity contribution in [2.75, 3.05) is 19.3 Å². The van der Waals surface area contributed by atoms with E-state index in [4.69, 9.17) is 5.73 Å². The molecule has 0 radical (unpaired) electrons. The molecule has 1 atom stereocenters. The van der Waals surface area contributed by atoms with Gasteiger partial charge in [0, 0.05) is 24.0 Å². The summed E-state index contributed by atoms with van der Waals surface area (Å²) in [6, 6.07) is 3.04. The van der Waals surface area contributed by atoms with Crippen molar-refractivity contribution in [2.45, 2.75) is 24.9 Å². The van der Waals surface area contributed by atoms with E-state index in [0.29, 0.717) is 25.9 Å². The predicted octanol–water partition coefficient (Wildman–Crippen LogP) is 0.288. The maximum Gasteiger partial charge on any atom is 0.242 e. The first-order valence-electron chi connectivity index (χ1n) is 6.42. The van der Waals surface area contributed by atoms with Crippen molar-refractivity contribution in [3.63, 3.8) is 0 Å². The van der Waals surface area contributed by atoms with E-state index in [1.54, 1.807) is 0 Å². The van der Waals surface area contributed by atoms with Crippen molar-refractivity contribution < 1.29 is 13.2 Å². The van der Waals surface area contributed by atoms with Crippen molar-refractivity contribution in [2.24, 2.45) is 5.73 Å². The Labute approximate surface area is 123 Å². The van der Waals surface area contributed by atoms with Crippen LogP contribution in [0.1, 0.15) is 23.8 Å². The predicted molar refractivity (Wildman–Crippen MR) is 78.8 cm³/mol. The number of sulfonamides is 1. The van der Waals surface area contributed by atoms with Crippen LogP contribution in [-0.4, -0.2) is 44.0 Å². The van der Waals surface area contributed by atoms with Gasteiger partial charge >= 0.3 is 0 Å². The third kappa shape index (κ3) is 3.78. The first-order valence-corrected chi connectivity index (χ1v) is 9.15. The molecule has 2 rings (SSSR count). The van der Waals surface area contributed by atoms with Crippen LogP contribution in [0.2, 0.25) is 0 Å². The number of carbonyl (C=O) groups is 1. The summed E-state index contributed by atoms with van der Waals surface area (Å²) in [5, 5.41) is 4.78. The Kier molecular flexibility index (Phi) is 4.79. The monoisotopic (exact) mass is 317 g/mol. The van der Waals surface area contributed by atoms with Crippen molar-refractivity contribution in [1.29, 1.82) is 0 Å². The largest absolute Gasteiger partial charge is 0.352 e. The van der Waals surface area contributed by atoms with Crippen LogP contribution in [0.5, 0.6) is 0 Å². The molecule has 0 bridgehead atoms. The second-order valence-electron chi connectivity index (χ2n) is 4.94. The van der Waals surface area contributed by atoms with Gasteiger partial charge in [-0.25, -0.2) is 12.7 Å². The number of carbonyl (C=O) groups excluding carboxylic acids is 1. The molecule has 1 aromatic heterocycles. The number of piperidine rings is 1. The highest BCUT2D eigenvalue weighted by Gasteiger charge is 2.27. The smallest absolute Gasteiger partial charge is 0.242 e. The van der Waals surface area contributed by atoms with Gasteiger partial charge in [0.15, 0.2) is 0 Å². The lowest BCUT2D eigenvalue weighted by Crippen LogP contribution is -2.48. The molecule has 1 fully saturated rings. The minimum Gasteiger partial charge on any atom is -0.352 e. The van der Waals surface area contributed by atoms with Crippen LogP contribution in [0.4, 0.5) is 0 Å². The topological polar surface area (TPSA) is 92.5 Å². The van der Waals surface area contributed by atoms with Crippen LogP contribution in [-0.2, 0) is 14.8 Å². The molecule has 0 aliphatic carbocycles. The number of thiophene rings is 1. The molecule has 1 unspecified atom stereocenters. The molecule has 1 aromatic rings. The zero-order chi connectivity index (χ0) is 14.8. The average molecular weight is 317 g/mol. The van der Waals surface area contributed by atoms with Crippen LogP contribution in [0, 0.1) is 0 Å². The Morgan fingerprint density at radius 2 is 2.15 bits per heavy atom. The fourth-order valence-corrected chi connectivity index (χ4v) is 3.82. The maximum atomic E-state index is 12.0. The van der Waals surface area contributed by atoms with Gasteiger partial charge < -0.3 is 11.1 Å². The molecule has 2 heterocycles. The first-order chi connectivity index (χ1) is 9.38. The van der Waals surface area contributed by atoms with Gasteiger partial charge in [0.1, 0.15) is 6.04 Å². The minimum absolute atomic E-state index is 0.00786. The SMILES string of the molecule is CS(=O)(=O)N1CCC(NC(=O)C(N)c2cccs2)CC1. The summed E-state index contributed by atoms with van der Waals surface area (Å²) in [5.74, 6) is -0.203. The highest BCUT2D eigenvalue weighted by atomic mass is 32.2. The zero-order valence-corrected chi connectivity index (χ0v) is 12.9. The lowest BCUT2D eigenvalue weighted by molar-refractivity contribution is -0.123. The summed E-state index contributed by atoms with van der Waals surface area (Å²) in [6.07, 6.45) is 2.45. The number of nitrogens with zero attached hydrogens (tertiary/aromatic N) is 1. The van der Waals surface area contributed by atoms with Gasteiger partial charge in [-0.15, -0.1) is 11.3 Å². The number of nitrogens with one attached hydrogen (secondary N) is 1. The molecule has 1 aliphatic heterocycles. The molecule has 20 heavy (non-hydrogen) atoms. The minimum atomic E-state index is -3.13. The molecule has 0 aromatic carbocycles. The average Bonchev–Trinajstić information content (AvgIpc) is 2.91. The molecule has 1 aliphatic rings. The van der Waals surface area contributed by atoms with Gasteiger partial charge in [0.05, 0.1) is 6.26 Å². The summed E-state index contributed by atoms with van der Waals surface area (Å²) in [7, 11) is -3.13. The Balaban J connectivity index is 1.85. The van der Waals surface area contributed by atoms with Gasteiger partial charge in [-0.05, 0) is 24.3 Å². The van der Waals surface area contributed by atoms with Gasteiger partial charge in [-0.3, -0.25) is 4.79 Å². The summed E-state index contributed by atoms with van der Waals surface area (Å²) < 4.78 is 24.2. The Bertz CT molecular complexity index is 549. The molecule has 112 valence electrons. The molecular weight excluding hydrogens is 298 g/mol. The van der Waals surface area contributed by atoms with E-state index in [0.717, 1.165) is 4.88 Å². The second-order valence-corrected chi connectivity index (χ2v) is 7.90. The molecule has 0 spiro atoms. The van der Waals surface area contributed by atoms with E-state index in [2.05, 4.69) is 5.32 Å². The van der Waals surface area contributed by atoms with Gasteiger partial charge in [-0.1, -0.05) is 6.07 Å². The van der Waals surface area contributed by atoms with E-state index in [-0.39, 0.29) is 11.9 Å². The first kappa shape index (κ1) is 15.4. The highest BCUT2D eigenvalue weighted by molar-refractivity contribution is 7.88. The van der Waals surface area contributed by atoms with Crippen molar-refractivity contribution in [1.82, 2.24) is 9.62 Å². The maximum absolute atomic E-state index is 12.0. The normalized spacial score (nSPS) is 19.7. The molecule has 0 saturated carbocycles. The highest BCUT2D eigenvalue weighted by Crippen LogP contribution is 2.18. The van der Waals surface area contributed by atoms with Crippen molar-refractivity contribution in [3.05, 3.63) is 22.4 Å². The molecule has 3 N–H and O–H groups in total. The zero-order valence-electron chi connectivity index (χ0n) is 11.3. The van der Waals surface area contributed by atoms with E-state index < -0.39 is 16.1 Å². The fraction of sp³-hybridized carbons (Fsp3) is 0.583. The summed E-state index contributed by atoms with van der Waals surface area (Å²) in [4.78, 5) is 12.9. The van der Waals surface area contributed by atoms with Crippen LogP contribution >= 0.6 is 11.3 Å². The lowest BCUT2D eigenvalue weighted by atomic mass is 10.1. The number of hydrogen-bond acceptors (Lipinski definition) is 5. The Hall–Kier alpha value is -0.960. The van der Waals surface area contributed by atoms with E-state index in [1.807, 2.05) is 17.5 Å². The quantitative estimate of drug-likeness (QED) is 0.835.